The van der Waals surface area contributed by atoms with Crippen LogP contribution in [0, 0.1) is 11.6 Å². The Morgan fingerprint density at radius 3 is 2.71 bits per heavy atom. The lowest BCUT2D eigenvalue weighted by Gasteiger charge is -2.42. The van der Waals surface area contributed by atoms with E-state index in [1.165, 1.54) is 6.07 Å². The molecule has 5 rings (SSSR count). The normalized spacial score (nSPS) is 17.7. The van der Waals surface area contributed by atoms with E-state index in [1.807, 2.05) is 16.7 Å². The van der Waals surface area contributed by atoms with E-state index in [0.717, 1.165) is 48.3 Å². The SMILES string of the molecule is CN(C)C(=O)C[C@@]1(N)CCCN(c2cnc(-c3ccc(F)c(F)c3)cc2Cn2cnc3c(N)nccc32)C1. The molecule has 1 saturated heterocycles. The molecule has 1 aliphatic rings. The van der Waals surface area contributed by atoms with E-state index in [4.69, 9.17) is 11.5 Å². The fourth-order valence-corrected chi connectivity index (χ4v) is 5.01. The Kier molecular flexibility index (Phi) is 6.70. The fraction of sp³-hybridized carbons (Fsp3) is 0.333. The summed E-state index contributed by atoms with van der Waals surface area (Å²) >= 11 is 0. The molecule has 9 nitrogen and oxygen atoms in total. The van der Waals surface area contributed by atoms with E-state index >= 15 is 0 Å². The first-order valence-electron chi connectivity index (χ1n) is 12.4. The van der Waals surface area contributed by atoms with Gasteiger partial charge in [0.05, 0.1) is 36.0 Å². The zero-order valence-electron chi connectivity index (χ0n) is 21.4. The van der Waals surface area contributed by atoms with Gasteiger partial charge in [0.25, 0.3) is 0 Å². The molecule has 0 spiro atoms. The number of nitrogens with two attached hydrogens (primary N) is 2. The summed E-state index contributed by atoms with van der Waals surface area (Å²) in [6.45, 7) is 1.64. The van der Waals surface area contributed by atoms with Gasteiger partial charge < -0.3 is 25.8 Å². The van der Waals surface area contributed by atoms with E-state index in [-0.39, 0.29) is 12.3 Å². The molecule has 198 valence electrons. The second-order valence-corrected chi connectivity index (χ2v) is 10.1. The van der Waals surface area contributed by atoms with Crippen LogP contribution in [0.4, 0.5) is 20.3 Å². The molecule has 11 heteroatoms. The lowest BCUT2D eigenvalue weighted by atomic mass is 9.86. The zero-order chi connectivity index (χ0) is 27.0. The second-order valence-electron chi connectivity index (χ2n) is 10.1. The van der Waals surface area contributed by atoms with E-state index in [0.29, 0.717) is 35.7 Å². The van der Waals surface area contributed by atoms with Crippen molar-refractivity contribution in [2.45, 2.75) is 31.3 Å². The van der Waals surface area contributed by atoms with Crippen LogP contribution in [0.15, 0.2) is 49.1 Å². The van der Waals surface area contributed by atoms with Crippen LogP contribution in [0.5, 0.6) is 0 Å². The van der Waals surface area contributed by atoms with E-state index in [9.17, 15) is 13.6 Å². The smallest absolute Gasteiger partial charge is 0.223 e. The van der Waals surface area contributed by atoms with Crippen molar-refractivity contribution >= 4 is 28.4 Å². The number of carbonyl (C=O) groups excluding carboxylic acids is 1. The molecule has 4 aromatic rings. The Hall–Kier alpha value is -4.12. The molecule has 1 aliphatic heterocycles. The Morgan fingerprint density at radius 1 is 1.13 bits per heavy atom. The first-order chi connectivity index (χ1) is 18.1. The molecule has 3 aromatic heterocycles. The summed E-state index contributed by atoms with van der Waals surface area (Å²) in [5.41, 5.74) is 16.2. The minimum absolute atomic E-state index is 0.0162. The van der Waals surface area contributed by atoms with Crippen molar-refractivity contribution in [2.75, 3.05) is 37.8 Å². The topological polar surface area (TPSA) is 119 Å². The van der Waals surface area contributed by atoms with Crippen LogP contribution in [0.2, 0.25) is 0 Å². The molecule has 1 amide bonds. The number of nitrogens with zero attached hydrogens (tertiary/aromatic N) is 6. The molecule has 4 N–H and O–H groups in total. The molecule has 4 heterocycles. The molecule has 0 saturated carbocycles. The molecular formula is C27H30F2N8O. The van der Waals surface area contributed by atoms with Crippen molar-refractivity contribution in [1.29, 1.82) is 0 Å². The van der Waals surface area contributed by atoms with Crippen LogP contribution >= 0.6 is 0 Å². The van der Waals surface area contributed by atoms with Crippen LogP contribution < -0.4 is 16.4 Å². The van der Waals surface area contributed by atoms with Gasteiger partial charge in [0.2, 0.25) is 5.91 Å². The average molecular weight is 521 g/mol. The monoisotopic (exact) mass is 520 g/mol. The molecule has 38 heavy (non-hydrogen) atoms. The molecule has 0 aliphatic carbocycles. The summed E-state index contributed by atoms with van der Waals surface area (Å²) in [4.78, 5) is 29.3. The van der Waals surface area contributed by atoms with Crippen LogP contribution in [0.3, 0.4) is 0 Å². The predicted molar refractivity (Wildman–Crippen MR) is 142 cm³/mol. The van der Waals surface area contributed by atoms with Gasteiger partial charge in [0.1, 0.15) is 5.52 Å². The van der Waals surface area contributed by atoms with Crippen LogP contribution in [0.25, 0.3) is 22.3 Å². The number of amides is 1. The van der Waals surface area contributed by atoms with Gasteiger partial charge in [-0.2, -0.15) is 0 Å². The number of benzene rings is 1. The van der Waals surface area contributed by atoms with Crippen molar-refractivity contribution in [3.05, 3.63) is 66.3 Å². The van der Waals surface area contributed by atoms with Gasteiger partial charge in [-0.25, -0.2) is 18.7 Å². The molecule has 1 atom stereocenters. The van der Waals surface area contributed by atoms with Crippen LogP contribution in [-0.4, -0.2) is 63.0 Å². The number of nitrogen functional groups attached to an aromatic ring is 1. The number of rotatable bonds is 6. The third-order valence-corrected chi connectivity index (χ3v) is 7.04. The molecule has 0 unspecified atom stereocenters. The summed E-state index contributed by atoms with van der Waals surface area (Å²) in [6.07, 6.45) is 6.86. The highest BCUT2D eigenvalue weighted by Crippen LogP contribution is 2.32. The number of fused-ring (bicyclic) bond motifs is 1. The summed E-state index contributed by atoms with van der Waals surface area (Å²) < 4.78 is 29.5. The second kappa shape index (κ2) is 9.97. The number of halogens is 2. The quantitative estimate of drug-likeness (QED) is 0.401. The molecule has 0 bridgehead atoms. The van der Waals surface area contributed by atoms with Crippen LogP contribution in [0.1, 0.15) is 24.8 Å². The van der Waals surface area contributed by atoms with Gasteiger partial charge in [0.15, 0.2) is 17.5 Å². The Bertz CT molecular complexity index is 1500. The minimum atomic E-state index is -0.937. The summed E-state index contributed by atoms with van der Waals surface area (Å²) in [6, 6.07) is 7.44. The van der Waals surface area contributed by atoms with E-state index in [2.05, 4.69) is 19.9 Å². The Balaban J connectivity index is 1.55. The van der Waals surface area contributed by atoms with Gasteiger partial charge in [-0.15, -0.1) is 0 Å². The Labute approximate surface area is 219 Å². The maximum Gasteiger partial charge on any atom is 0.223 e. The molecule has 1 fully saturated rings. The highest BCUT2D eigenvalue weighted by Gasteiger charge is 2.35. The number of hydrogen-bond donors (Lipinski definition) is 2. The third kappa shape index (κ3) is 5.01. The highest BCUT2D eigenvalue weighted by molar-refractivity contribution is 5.84. The third-order valence-electron chi connectivity index (χ3n) is 7.04. The minimum Gasteiger partial charge on any atom is -0.382 e. The first-order valence-corrected chi connectivity index (χ1v) is 12.4. The number of hydrogen-bond acceptors (Lipinski definition) is 7. The number of anilines is 2. The largest absolute Gasteiger partial charge is 0.382 e. The Morgan fingerprint density at radius 2 is 1.95 bits per heavy atom. The van der Waals surface area contributed by atoms with Crippen molar-refractivity contribution < 1.29 is 13.6 Å². The maximum absolute atomic E-state index is 14.0. The van der Waals surface area contributed by atoms with Gasteiger partial charge >= 0.3 is 0 Å². The highest BCUT2D eigenvalue weighted by atomic mass is 19.2. The van der Waals surface area contributed by atoms with Crippen molar-refractivity contribution in [3.8, 4) is 11.3 Å². The van der Waals surface area contributed by atoms with Crippen LogP contribution in [-0.2, 0) is 11.3 Å². The summed E-state index contributed by atoms with van der Waals surface area (Å²) in [5, 5.41) is 0. The van der Waals surface area contributed by atoms with E-state index in [1.54, 1.807) is 37.7 Å². The van der Waals surface area contributed by atoms with Gasteiger partial charge in [-0.1, -0.05) is 0 Å². The van der Waals surface area contributed by atoms with E-state index < -0.39 is 17.2 Å². The first kappa shape index (κ1) is 25.5. The number of pyridine rings is 2. The number of aromatic nitrogens is 4. The standard InChI is InChI=1S/C27H30F2N8O/c1-35(2)24(38)12-27(31)7-3-9-36(15-27)23-13-33-21(17-4-5-19(28)20(29)10-17)11-18(23)14-37-16-34-25-22(37)6-8-32-26(25)30/h4-6,8,10-11,13,16H,3,7,9,12,14-15,31H2,1-2H3,(H2,30,32)/t27-/m0/s1. The van der Waals surface area contributed by atoms with Gasteiger partial charge in [0, 0.05) is 50.9 Å². The van der Waals surface area contributed by atoms with Crippen molar-refractivity contribution in [2.24, 2.45) is 5.73 Å². The number of carbonyl (C=O) groups is 1. The molecule has 0 radical (unpaired) electrons. The maximum atomic E-state index is 14.0. The molecular weight excluding hydrogens is 490 g/mol. The fourth-order valence-electron chi connectivity index (χ4n) is 5.01. The predicted octanol–water partition coefficient (Wildman–Crippen LogP) is 3.18. The van der Waals surface area contributed by atoms with Crippen molar-refractivity contribution in [1.82, 2.24) is 24.4 Å². The number of piperidine rings is 1. The summed E-state index contributed by atoms with van der Waals surface area (Å²) in [7, 11) is 3.45. The lowest BCUT2D eigenvalue weighted by molar-refractivity contribution is -0.130. The zero-order valence-corrected chi connectivity index (χ0v) is 21.4. The van der Waals surface area contributed by atoms with Crippen molar-refractivity contribution in [3.63, 3.8) is 0 Å². The lowest BCUT2D eigenvalue weighted by Crippen LogP contribution is -2.56. The average Bonchev–Trinajstić information content (AvgIpc) is 3.29. The summed E-state index contributed by atoms with van der Waals surface area (Å²) in [5.74, 6) is -1.53. The number of imidazole rings is 1. The molecule has 1 aromatic carbocycles. The van der Waals surface area contributed by atoms with Gasteiger partial charge in [-0.05, 0) is 48.7 Å². The van der Waals surface area contributed by atoms with Gasteiger partial charge in [-0.3, -0.25) is 9.78 Å².